The van der Waals surface area contributed by atoms with E-state index in [0.717, 1.165) is 77.0 Å². The van der Waals surface area contributed by atoms with Gasteiger partial charge in [0, 0.05) is 19.3 Å². The van der Waals surface area contributed by atoms with Crippen molar-refractivity contribution in [2.24, 2.45) is 0 Å². The minimum atomic E-state index is -0.800. The van der Waals surface area contributed by atoms with Gasteiger partial charge in [0.15, 0.2) is 6.10 Å². The normalized spacial score (nSPS) is 12.5. The van der Waals surface area contributed by atoms with Crippen LogP contribution in [0.25, 0.3) is 0 Å². The van der Waals surface area contributed by atoms with Crippen molar-refractivity contribution in [3.8, 4) is 0 Å². The van der Waals surface area contributed by atoms with Crippen molar-refractivity contribution >= 4 is 17.9 Å². The highest BCUT2D eigenvalue weighted by atomic mass is 16.6. The van der Waals surface area contributed by atoms with Crippen LogP contribution in [0.1, 0.15) is 380 Å². The molecule has 0 aromatic carbocycles. The van der Waals surface area contributed by atoms with Gasteiger partial charge < -0.3 is 14.2 Å². The minimum absolute atomic E-state index is 0.0895. The Labute approximate surface area is 516 Å². The third-order valence-corrected chi connectivity index (χ3v) is 16.2. The SMILES string of the molecule is CC/C=C\C/C=C\C/C=C\C/C=C\C/C=C\CCCC(=O)OCC(COC(=O)CCCCCCCCCCCCCCCCCCCCCCCCCCC)OC(=O)CCCCCCCCCCCCC/C=C\CCCCCCCCCC. The fourth-order valence-electron chi connectivity index (χ4n) is 10.8. The molecule has 1 atom stereocenters. The van der Waals surface area contributed by atoms with Gasteiger partial charge in [-0.2, -0.15) is 0 Å². The maximum atomic E-state index is 13.0. The summed E-state index contributed by atoms with van der Waals surface area (Å²) in [5.74, 6) is -0.928. The molecule has 0 aromatic rings. The van der Waals surface area contributed by atoms with Gasteiger partial charge in [-0.25, -0.2) is 0 Å². The summed E-state index contributed by atoms with van der Waals surface area (Å²) >= 11 is 0. The van der Waals surface area contributed by atoms with Crippen LogP contribution < -0.4 is 0 Å². The first-order valence-electron chi connectivity index (χ1n) is 36.4. The highest BCUT2D eigenvalue weighted by Crippen LogP contribution is 2.18. The lowest BCUT2D eigenvalue weighted by Gasteiger charge is -2.18. The topological polar surface area (TPSA) is 78.9 Å². The zero-order chi connectivity index (χ0) is 59.9. The summed E-state index contributed by atoms with van der Waals surface area (Å²) < 4.78 is 17.0. The number of ether oxygens (including phenoxy) is 3. The van der Waals surface area contributed by atoms with Crippen LogP contribution in [0.2, 0.25) is 0 Å². The molecule has 0 radical (unpaired) electrons. The van der Waals surface area contributed by atoms with Gasteiger partial charge in [-0.15, -0.1) is 0 Å². The van der Waals surface area contributed by atoms with Crippen LogP contribution >= 0.6 is 0 Å². The molecule has 6 heteroatoms. The highest BCUT2D eigenvalue weighted by molar-refractivity contribution is 5.71. The molecule has 0 heterocycles. The van der Waals surface area contributed by atoms with Gasteiger partial charge in [0.25, 0.3) is 0 Å². The Kier molecular flexibility index (Phi) is 68.6. The van der Waals surface area contributed by atoms with Crippen molar-refractivity contribution < 1.29 is 28.6 Å². The molecule has 0 rings (SSSR count). The predicted molar refractivity (Wildman–Crippen MR) is 362 cm³/mol. The zero-order valence-electron chi connectivity index (χ0n) is 55.5. The molecule has 0 saturated heterocycles. The van der Waals surface area contributed by atoms with Crippen molar-refractivity contribution in [1.29, 1.82) is 0 Å². The van der Waals surface area contributed by atoms with Crippen molar-refractivity contribution in [1.82, 2.24) is 0 Å². The molecule has 0 aliphatic rings. The van der Waals surface area contributed by atoms with E-state index in [4.69, 9.17) is 14.2 Å². The van der Waals surface area contributed by atoms with Gasteiger partial charge in [-0.1, -0.05) is 351 Å². The van der Waals surface area contributed by atoms with E-state index in [2.05, 4.69) is 93.7 Å². The van der Waals surface area contributed by atoms with Crippen molar-refractivity contribution in [3.05, 3.63) is 72.9 Å². The second-order valence-corrected chi connectivity index (χ2v) is 24.5. The Morgan fingerprint density at radius 3 is 0.795 bits per heavy atom. The summed E-state index contributed by atoms with van der Waals surface area (Å²) in [7, 11) is 0. The summed E-state index contributed by atoms with van der Waals surface area (Å²) in [5.41, 5.74) is 0. The number of unbranched alkanes of at least 4 members (excludes halogenated alkanes) is 44. The van der Waals surface area contributed by atoms with Gasteiger partial charge >= 0.3 is 17.9 Å². The Morgan fingerprint density at radius 2 is 0.482 bits per heavy atom. The minimum Gasteiger partial charge on any atom is -0.462 e. The van der Waals surface area contributed by atoms with Gasteiger partial charge in [0.05, 0.1) is 0 Å². The molecule has 0 bridgehead atoms. The monoisotopic (exact) mass is 1160 g/mol. The molecule has 0 amide bonds. The first kappa shape index (κ1) is 79.8. The van der Waals surface area contributed by atoms with Crippen LogP contribution in [0, 0.1) is 0 Å². The van der Waals surface area contributed by atoms with Crippen LogP contribution in [0.4, 0.5) is 0 Å². The molecule has 482 valence electrons. The van der Waals surface area contributed by atoms with Crippen LogP contribution in [0.3, 0.4) is 0 Å². The molecule has 1 unspecified atom stereocenters. The number of carbonyl (C=O) groups is 3. The van der Waals surface area contributed by atoms with Crippen LogP contribution in [0.5, 0.6) is 0 Å². The van der Waals surface area contributed by atoms with E-state index in [0.29, 0.717) is 19.3 Å². The van der Waals surface area contributed by atoms with Crippen molar-refractivity contribution in [3.63, 3.8) is 0 Å². The second kappa shape index (κ2) is 71.3. The standard InChI is InChI=1S/C77H138O6/c1-4-7-10-13-16-19-22-25-28-31-33-35-37-38-40-41-43-46-49-52-55-58-61-64-67-70-76(79)82-73-74(72-81-75(78)69-66-63-60-57-54-51-48-45-30-27-24-21-18-15-12-9-6-3)83-77(80)71-68-65-62-59-56-53-50-47-44-42-39-36-34-32-29-26-23-20-17-14-11-8-5-2/h9,12,18,21,27,30,32,34,48,51,57,60,74H,4-8,10-11,13-17,19-20,22-26,28-29,31,33,35-47,49-50,52-56,58-59,61-73H2,1-3H3/b12-9-,21-18-,30-27-,34-32-,51-48-,60-57-. The highest BCUT2D eigenvalue weighted by Gasteiger charge is 2.19. The molecular formula is C77H138O6. The molecule has 0 saturated carbocycles. The van der Waals surface area contributed by atoms with E-state index in [1.807, 2.05) is 0 Å². The van der Waals surface area contributed by atoms with E-state index in [1.54, 1.807) is 0 Å². The predicted octanol–water partition coefficient (Wildman–Crippen LogP) is 25.2. The maximum Gasteiger partial charge on any atom is 0.306 e. The van der Waals surface area contributed by atoms with Gasteiger partial charge in [-0.05, 0) is 83.5 Å². The van der Waals surface area contributed by atoms with Crippen molar-refractivity contribution in [2.45, 2.75) is 386 Å². The van der Waals surface area contributed by atoms with E-state index >= 15 is 0 Å². The molecule has 6 nitrogen and oxygen atoms in total. The molecule has 83 heavy (non-hydrogen) atoms. The van der Waals surface area contributed by atoms with Crippen molar-refractivity contribution in [2.75, 3.05) is 13.2 Å². The fraction of sp³-hybridized carbons (Fsp3) is 0.805. The molecule has 0 spiro atoms. The van der Waals surface area contributed by atoms with Gasteiger partial charge in [0.1, 0.15) is 13.2 Å². The van der Waals surface area contributed by atoms with Gasteiger partial charge in [0.2, 0.25) is 0 Å². The molecule has 0 aliphatic carbocycles. The molecular weight excluding hydrogens is 1020 g/mol. The summed E-state index contributed by atoms with van der Waals surface area (Å²) in [5, 5.41) is 0. The Bertz CT molecular complexity index is 1520. The number of rotatable bonds is 67. The van der Waals surface area contributed by atoms with Crippen LogP contribution in [-0.2, 0) is 28.6 Å². The van der Waals surface area contributed by atoms with Crippen LogP contribution in [0.15, 0.2) is 72.9 Å². The third-order valence-electron chi connectivity index (χ3n) is 16.2. The van der Waals surface area contributed by atoms with Gasteiger partial charge in [-0.3, -0.25) is 14.4 Å². The largest absolute Gasteiger partial charge is 0.462 e. The fourth-order valence-corrected chi connectivity index (χ4v) is 10.8. The lowest BCUT2D eigenvalue weighted by atomic mass is 10.0. The maximum absolute atomic E-state index is 13.0. The smallest absolute Gasteiger partial charge is 0.306 e. The summed E-state index contributed by atoms with van der Waals surface area (Å²) in [6.07, 6.45) is 93.8. The zero-order valence-corrected chi connectivity index (χ0v) is 55.5. The number of esters is 3. The van der Waals surface area contributed by atoms with E-state index < -0.39 is 6.10 Å². The Balaban J connectivity index is 4.34. The first-order valence-corrected chi connectivity index (χ1v) is 36.4. The summed E-state index contributed by atoms with van der Waals surface area (Å²) in [6.45, 7) is 6.54. The molecule has 0 aromatic heterocycles. The Hall–Kier alpha value is -3.15. The summed E-state index contributed by atoms with van der Waals surface area (Å²) in [6, 6.07) is 0. The number of hydrogen-bond acceptors (Lipinski definition) is 6. The number of carbonyl (C=O) groups excluding carboxylic acids is 3. The molecule has 0 N–H and O–H groups in total. The average molecular weight is 1160 g/mol. The first-order chi connectivity index (χ1) is 41.0. The number of hydrogen-bond donors (Lipinski definition) is 0. The third kappa shape index (κ3) is 69.5. The molecule has 0 fully saturated rings. The van der Waals surface area contributed by atoms with E-state index in [-0.39, 0.29) is 37.5 Å². The average Bonchev–Trinajstić information content (AvgIpc) is 3.49. The summed E-state index contributed by atoms with van der Waals surface area (Å²) in [4.78, 5) is 38.5. The molecule has 0 aliphatic heterocycles. The quantitative estimate of drug-likeness (QED) is 0.0261. The van der Waals surface area contributed by atoms with E-state index in [9.17, 15) is 14.4 Å². The van der Waals surface area contributed by atoms with E-state index in [1.165, 1.54) is 257 Å². The Morgan fingerprint density at radius 1 is 0.253 bits per heavy atom. The lowest BCUT2D eigenvalue weighted by Crippen LogP contribution is -2.30. The second-order valence-electron chi connectivity index (χ2n) is 24.5. The lowest BCUT2D eigenvalue weighted by molar-refractivity contribution is -0.167. The van der Waals surface area contributed by atoms with Crippen LogP contribution in [-0.4, -0.2) is 37.2 Å². The number of allylic oxidation sites excluding steroid dienone is 12.